The third-order valence-electron chi connectivity index (χ3n) is 1.68. The molecule has 1 aromatic carbocycles. The number of anilines is 1. The van der Waals surface area contributed by atoms with Crippen molar-refractivity contribution in [2.24, 2.45) is 0 Å². The summed E-state index contributed by atoms with van der Waals surface area (Å²) in [6.07, 6.45) is 0. The molecule has 0 bridgehead atoms. The highest BCUT2D eigenvalue weighted by molar-refractivity contribution is 5.56. The SMILES string of the molecule is N#Cc1cccc(-c2nc(N)no2)c1. The lowest BCUT2D eigenvalue weighted by Gasteiger charge is -1.92. The lowest BCUT2D eigenvalue weighted by atomic mass is 10.1. The van der Waals surface area contributed by atoms with Crippen molar-refractivity contribution < 1.29 is 4.52 Å². The Kier molecular flexibility index (Phi) is 1.88. The molecular formula is C9H6N4O. The zero-order valence-corrected chi connectivity index (χ0v) is 7.14. The Morgan fingerprint density at radius 1 is 1.43 bits per heavy atom. The molecule has 0 aliphatic rings. The fraction of sp³-hybridized carbons (Fsp3) is 0. The van der Waals surface area contributed by atoms with Gasteiger partial charge < -0.3 is 10.3 Å². The van der Waals surface area contributed by atoms with Gasteiger partial charge in [0.05, 0.1) is 11.6 Å². The van der Waals surface area contributed by atoms with Gasteiger partial charge in [-0.25, -0.2) is 0 Å². The molecule has 5 nitrogen and oxygen atoms in total. The van der Waals surface area contributed by atoms with Gasteiger partial charge in [0.2, 0.25) is 0 Å². The first-order valence-electron chi connectivity index (χ1n) is 3.89. The maximum absolute atomic E-state index is 8.67. The fourth-order valence-corrected chi connectivity index (χ4v) is 1.07. The molecule has 0 atom stereocenters. The highest BCUT2D eigenvalue weighted by atomic mass is 16.5. The number of benzene rings is 1. The monoisotopic (exact) mass is 186 g/mol. The van der Waals surface area contributed by atoms with Gasteiger partial charge in [-0.2, -0.15) is 10.2 Å². The van der Waals surface area contributed by atoms with Gasteiger partial charge in [0, 0.05) is 5.56 Å². The number of nitriles is 1. The minimum Gasteiger partial charge on any atom is -0.365 e. The second kappa shape index (κ2) is 3.18. The quantitative estimate of drug-likeness (QED) is 0.722. The molecule has 0 saturated carbocycles. The van der Waals surface area contributed by atoms with Gasteiger partial charge >= 0.3 is 0 Å². The van der Waals surface area contributed by atoms with Crippen LogP contribution in [-0.2, 0) is 0 Å². The molecule has 0 spiro atoms. The largest absolute Gasteiger partial charge is 0.365 e. The van der Waals surface area contributed by atoms with Gasteiger partial charge in [-0.05, 0) is 23.4 Å². The number of hydrogen-bond acceptors (Lipinski definition) is 5. The molecule has 0 aliphatic heterocycles. The predicted molar refractivity (Wildman–Crippen MR) is 48.9 cm³/mol. The molecule has 68 valence electrons. The maximum Gasteiger partial charge on any atom is 0.261 e. The average Bonchev–Trinajstić information content (AvgIpc) is 2.65. The first-order chi connectivity index (χ1) is 6.79. The summed E-state index contributed by atoms with van der Waals surface area (Å²) in [5.74, 6) is 0.405. The van der Waals surface area contributed by atoms with Crippen LogP contribution in [-0.4, -0.2) is 10.1 Å². The molecule has 2 aromatic rings. The third kappa shape index (κ3) is 1.41. The third-order valence-corrected chi connectivity index (χ3v) is 1.68. The summed E-state index contributed by atoms with van der Waals surface area (Å²) in [4.78, 5) is 3.85. The van der Waals surface area contributed by atoms with Crippen LogP contribution in [0.4, 0.5) is 5.95 Å². The van der Waals surface area contributed by atoms with Crippen LogP contribution in [0.5, 0.6) is 0 Å². The smallest absolute Gasteiger partial charge is 0.261 e. The number of nitrogen functional groups attached to an aromatic ring is 1. The van der Waals surface area contributed by atoms with Crippen molar-refractivity contribution in [3.8, 4) is 17.5 Å². The van der Waals surface area contributed by atoms with E-state index in [9.17, 15) is 0 Å². The molecule has 5 heteroatoms. The minimum atomic E-state index is 0.0855. The summed E-state index contributed by atoms with van der Waals surface area (Å²) in [6.45, 7) is 0. The van der Waals surface area contributed by atoms with E-state index in [0.29, 0.717) is 17.0 Å². The van der Waals surface area contributed by atoms with E-state index < -0.39 is 0 Å². The van der Waals surface area contributed by atoms with E-state index in [4.69, 9.17) is 15.5 Å². The topological polar surface area (TPSA) is 88.7 Å². The van der Waals surface area contributed by atoms with Gasteiger partial charge in [-0.15, -0.1) is 0 Å². The second-order valence-corrected chi connectivity index (χ2v) is 2.65. The Bertz CT molecular complexity index is 498. The number of nitrogens with two attached hydrogens (primary N) is 1. The molecule has 0 aliphatic carbocycles. The number of hydrogen-bond donors (Lipinski definition) is 1. The van der Waals surface area contributed by atoms with Crippen LogP contribution in [0.25, 0.3) is 11.5 Å². The van der Waals surface area contributed by atoms with Gasteiger partial charge in [0.15, 0.2) is 0 Å². The van der Waals surface area contributed by atoms with Crippen LogP contribution >= 0.6 is 0 Å². The summed E-state index contributed by atoms with van der Waals surface area (Å²) in [5, 5.41) is 12.1. The molecule has 14 heavy (non-hydrogen) atoms. The Labute approximate surface area is 79.8 Å². The number of rotatable bonds is 1. The molecule has 0 saturated heterocycles. The van der Waals surface area contributed by atoms with Crippen molar-refractivity contribution in [1.82, 2.24) is 10.1 Å². The molecule has 2 N–H and O–H groups in total. The molecule has 0 amide bonds. The van der Waals surface area contributed by atoms with Crippen molar-refractivity contribution >= 4 is 5.95 Å². The summed E-state index contributed by atoms with van der Waals surface area (Å²) < 4.78 is 4.85. The lowest BCUT2D eigenvalue weighted by molar-refractivity contribution is 0.433. The molecule has 1 heterocycles. The van der Waals surface area contributed by atoms with Crippen molar-refractivity contribution in [1.29, 1.82) is 5.26 Å². The zero-order valence-electron chi connectivity index (χ0n) is 7.14. The molecule has 2 rings (SSSR count). The average molecular weight is 186 g/mol. The lowest BCUT2D eigenvalue weighted by Crippen LogP contribution is -1.85. The first kappa shape index (κ1) is 8.26. The van der Waals surface area contributed by atoms with Gasteiger partial charge in [-0.1, -0.05) is 6.07 Å². The molecule has 0 radical (unpaired) electrons. The summed E-state index contributed by atoms with van der Waals surface area (Å²) in [6, 6.07) is 8.90. The van der Waals surface area contributed by atoms with E-state index in [0.717, 1.165) is 0 Å². The molecule has 0 fully saturated rings. The van der Waals surface area contributed by atoms with Gasteiger partial charge in [0.1, 0.15) is 0 Å². The van der Waals surface area contributed by atoms with Crippen molar-refractivity contribution in [3.63, 3.8) is 0 Å². The van der Waals surface area contributed by atoms with Crippen LogP contribution in [0.1, 0.15) is 5.56 Å². The van der Waals surface area contributed by atoms with E-state index in [1.807, 2.05) is 6.07 Å². The first-order valence-corrected chi connectivity index (χ1v) is 3.89. The van der Waals surface area contributed by atoms with Crippen molar-refractivity contribution in [2.45, 2.75) is 0 Å². The van der Waals surface area contributed by atoms with E-state index in [-0.39, 0.29) is 5.95 Å². The van der Waals surface area contributed by atoms with Crippen molar-refractivity contribution in [3.05, 3.63) is 29.8 Å². The minimum absolute atomic E-state index is 0.0855. The number of nitrogens with zero attached hydrogens (tertiary/aromatic N) is 3. The standard InChI is InChI=1S/C9H6N4O/c10-5-6-2-1-3-7(4-6)8-12-9(11)13-14-8/h1-4H,(H2,11,13). The van der Waals surface area contributed by atoms with Gasteiger partial charge in [-0.3, -0.25) is 0 Å². The Balaban J connectivity index is 2.47. The van der Waals surface area contributed by atoms with E-state index in [1.54, 1.807) is 24.3 Å². The van der Waals surface area contributed by atoms with Crippen LogP contribution in [0.2, 0.25) is 0 Å². The Morgan fingerprint density at radius 2 is 2.29 bits per heavy atom. The Hall–Kier alpha value is -2.35. The predicted octanol–water partition coefficient (Wildman–Crippen LogP) is 1.19. The molecular weight excluding hydrogens is 180 g/mol. The van der Waals surface area contributed by atoms with Crippen LogP contribution in [0.15, 0.2) is 28.8 Å². The summed E-state index contributed by atoms with van der Waals surface area (Å²) in [5.41, 5.74) is 6.53. The normalized spacial score (nSPS) is 9.64. The zero-order chi connectivity index (χ0) is 9.97. The van der Waals surface area contributed by atoms with Crippen LogP contribution in [0, 0.1) is 11.3 Å². The molecule has 0 unspecified atom stereocenters. The van der Waals surface area contributed by atoms with Crippen molar-refractivity contribution in [2.75, 3.05) is 5.73 Å². The summed E-state index contributed by atoms with van der Waals surface area (Å²) in [7, 11) is 0. The fourth-order valence-electron chi connectivity index (χ4n) is 1.07. The highest BCUT2D eigenvalue weighted by Gasteiger charge is 2.06. The van der Waals surface area contributed by atoms with E-state index in [2.05, 4.69) is 10.1 Å². The van der Waals surface area contributed by atoms with Crippen LogP contribution < -0.4 is 5.73 Å². The maximum atomic E-state index is 8.67. The Morgan fingerprint density at radius 3 is 2.93 bits per heavy atom. The summed E-state index contributed by atoms with van der Waals surface area (Å²) >= 11 is 0. The van der Waals surface area contributed by atoms with Gasteiger partial charge in [0.25, 0.3) is 11.8 Å². The van der Waals surface area contributed by atoms with E-state index >= 15 is 0 Å². The second-order valence-electron chi connectivity index (χ2n) is 2.65. The molecule has 1 aromatic heterocycles. The van der Waals surface area contributed by atoms with E-state index in [1.165, 1.54) is 0 Å². The number of aromatic nitrogens is 2. The highest BCUT2D eigenvalue weighted by Crippen LogP contribution is 2.18. The van der Waals surface area contributed by atoms with Crippen LogP contribution in [0.3, 0.4) is 0 Å².